The van der Waals surface area contributed by atoms with Gasteiger partial charge >= 0.3 is 5.97 Å². The monoisotopic (exact) mass is 395 g/mol. The van der Waals surface area contributed by atoms with Crippen molar-refractivity contribution < 1.29 is 18.3 Å². The molecule has 1 N–H and O–H groups in total. The second-order valence-electron chi connectivity index (χ2n) is 5.05. The summed E-state index contributed by atoms with van der Waals surface area (Å²) in [5, 5.41) is 9.01. The van der Waals surface area contributed by atoms with Crippen LogP contribution in [0.25, 0.3) is 0 Å². The molecule has 1 aromatic heterocycles. The zero-order valence-corrected chi connectivity index (χ0v) is 14.9. The molecule has 1 aliphatic rings. The largest absolute Gasteiger partial charge is 0.477 e. The van der Waals surface area contributed by atoms with E-state index >= 15 is 0 Å². The summed E-state index contributed by atoms with van der Waals surface area (Å²) in [6.45, 7) is 2.22. The van der Waals surface area contributed by atoms with Crippen LogP contribution in [0.15, 0.2) is 14.7 Å². The van der Waals surface area contributed by atoms with E-state index in [-0.39, 0.29) is 15.8 Å². The van der Waals surface area contributed by atoms with Crippen LogP contribution in [-0.4, -0.2) is 36.4 Å². The summed E-state index contributed by atoms with van der Waals surface area (Å²) in [7, 11) is -3.66. The lowest BCUT2D eigenvalue weighted by Crippen LogP contribution is -2.41. The molecule has 1 heterocycles. The Morgan fingerprint density at radius 2 is 2.05 bits per heavy atom. The van der Waals surface area contributed by atoms with Crippen LogP contribution in [-0.2, 0) is 10.0 Å². The highest BCUT2D eigenvalue weighted by Crippen LogP contribution is 2.35. The van der Waals surface area contributed by atoms with Crippen LogP contribution in [0.2, 0.25) is 0 Å². The zero-order chi connectivity index (χ0) is 15.6. The summed E-state index contributed by atoms with van der Waals surface area (Å²) in [5.41, 5.74) is 0. The van der Waals surface area contributed by atoms with Crippen molar-refractivity contribution in [1.82, 2.24) is 4.31 Å². The average molecular weight is 396 g/mol. The summed E-state index contributed by atoms with van der Waals surface area (Å²) in [4.78, 5) is 11.1. The molecule has 0 bridgehead atoms. The highest BCUT2D eigenvalue weighted by molar-refractivity contribution is 9.11. The van der Waals surface area contributed by atoms with Crippen LogP contribution >= 0.6 is 27.3 Å². The van der Waals surface area contributed by atoms with E-state index in [1.807, 2.05) is 6.92 Å². The van der Waals surface area contributed by atoms with Crippen LogP contribution in [0.5, 0.6) is 0 Å². The molecule has 0 atom stereocenters. The molecule has 2 rings (SSSR count). The Labute approximate surface area is 137 Å². The number of carbonyl (C=O) groups is 1. The van der Waals surface area contributed by atoms with Crippen molar-refractivity contribution in [3.05, 3.63) is 14.7 Å². The molecule has 1 saturated carbocycles. The summed E-state index contributed by atoms with van der Waals surface area (Å²) in [5.74, 6) is -1.11. The van der Waals surface area contributed by atoms with Crippen LogP contribution in [0, 0.1) is 0 Å². The second kappa shape index (κ2) is 6.76. The Balaban J connectivity index is 2.36. The van der Waals surface area contributed by atoms with Crippen molar-refractivity contribution in [2.45, 2.75) is 50.0 Å². The van der Waals surface area contributed by atoms with Gasteiger partial charge in [-0.15, -0.1) is 11.3 Å². The number of thiophene rings is 1. The van der Waals surface area contributed by atoms with Crippen LogP contribution < -0.4 is 0 Å². The first kappa shape index (κ1) is 16.9. The van der Waals surface area contributed by atoms with E-state index in [0.29, 0.717) is 10.3 Å². The SMILES string of the molecule is CCN(C1CCCCC1)S(=O)(=O)c1cc(C(=O)O)sc1Br. The lowest BCUT2D eigenvalue weighted by Gasteiger charge is -2.32. The number of aromatic carboxylic acids is 1. The summed E-state index contributed by atoms with van der Waals surface area (Å²) < 4.78 is 27.5. The molecule has 1 aromatic rings. The normalized spacial score (nSPS) is 17.3. The minimum atomic E-state index is -3.66. The molecule has 0 spiro atoms. The molecular formula is C13H18BrNO4S2. The maximum Gasteiger partial charge on any atom is 0.345 e. The van der Waals surface area contributed by atoms with Crippen LogP contribution in [0.4, 0.5) is 0 Å². The van der Waals surface area contributed by atoms with Gasteiger partial charge in [-0.3, -0.25) is 0 Å². The molecule has 1 fully saturated rings. The van der Waals surface area contributed by atoms with Crippen molar-refractivity contribution in [3.63, 3.8) is 0 Å². The third-order valence-electron chi connectivity index (χ3n) is 3.75. The van der Waals surface area contributed by atoms with E-state index in [2.05, 4.69) is 15.9 Å². The number of carboxylic acids is 1. The van der Waals surface area contributed by atoms with Gasteiger partial charge < -0.3 is 5.11 Å². The lowest BCUT2D eigenvalue weighted by atomic mass is 9.95. The fourth-order valence-electron chi connectivity index (χ4n) is 2.75. The minimum absolute atomic E-state index is 0.0221. The number of hydrogen-bond donors (Lipinski definition) is 1. The molecule has 8 heteroatoms. The molecule has 5 nitrogen and oxygen atoms in total. The molecular weight excluding hydrogens is 378 g/mol. The van der Waals surface area contributed by atoms with Crippen molar-refractivity contribution >= 4 is 43.3 Å². The Bertz CT molecular complexity index is 620. The number of sulfonamides is 1. The first-order valence-electron chi connectivity index (χ1n) is 6.92. The van der Waals surface area contributed by atoms with Gasteiger partial charge in [-0.05, 0) is 34.8 Å². The summed E-state index contributed by atoms with van der Waals surface area (Å²) in [6.07, 6.45) is 4.99. The third-order valence-corrected chi connectivity index (χ3v) is 8.01. The summed E-state index contributed by atoms with van der Waals surface area (Å²) >= 11 is 4.13. The van der Waals surface area contributed by atoms with Gasteiger partial charge in [0.1, 0.15) is 9.77 Å². The van der Waals surface area contributed by atoms with Gasteiger partial charge in [-0.2, -0.15) is 4.31 Å². The molecule has 21 heavy (non-hydrogen) atoms. The van der Waals surface area contributed by atoms with Gasteiger partial charge in [0.05, 0.1) is 3.79 Å². The fraction of sp³-hybridized carbons (Fsp3) is 0.615. The Hall–Kier alpha value is -0.440. The van der Waals surface area contributed by atoms with Crippen molar-refractivity contribution in [2.75, 3.05) is 6.54 Å². The van der Waals surface area contributed by atoms with Crippen molar-refractivity contribution in [1.29, 1.82) is 0 Å². The van der Waals surface area contributed by atoms with Gasteiger partial charge in [-0.1, -0.05) is 26.2 Å². The highest BCUT2D eigenvalue weighted by atomic mass is 79.9. The standard InChI is InChI=1S/C13H18BrNO4S2/c1-2-15(9-6-4-3-5-7-9)21(18,19)11-8-10(13(16)17)20-12(11)14/h8-9H,2-7H2,1H3,(H,16,17). The molecule has 0 radical (unpaired) electrons. The molecule has 0 unspecified atom stereocenters. The predicted molar refractivity (Wildman–Crippen MR) is 85.4 cm³/mol. The van der Waals surface area contributed by atoms with Gasteiger partial charge in [0, 0.05) is 12.6 Å². The quantitative estimate of drug-likeness (QED) is 0.826. The van der Waals surface area contributed by atoms with Crippen LogP contribution in [0.3, 0.4) is 0 Å². The Morgan fingerprint density at radius 3 is 2.52 bits per heavy atom. The van der Waals surface area contributed by atoms with Gasteiger partial charge in [0.15, 0.2) is 0 Å². The Kier molecular flexibility index (Phi) is 5.45. The molecule has 0 saturated heterocycles. The summed E-state index contributed by atoms with van der Waals surface area (Å²) in [6, 6.07) is 1.27. The van der Waals surface area contributed by atoms with E-state index in [0.717, 1.165) is 43.4 Å². The minimum Gasteiger partial charge on any atom is -0.477 e. The molecule has 0 amide bonds. The zero-order valence-electron chi connectivity index (χ0n) is 11.7. The van der Waals surface area contributed by atoms with E-state index in [1.165, 1.54) is 10.4 Å². The Morgan fingerprint density at radius 1 is 1.43 bits per heavy atom. The number of rotatable bonds is 5. The van der Waals surface area contributed by atoms with Crippen molar-refractivity contribution in [2.24, 2.45) is 0 Å². The maximum atomic E-state index is 12.8. The van der Waals surface area contributed by atoms with Crippen molar-refractivity contribution in [3.8, 4) is 0 Å². The average Bonchev–Trinajstić information content (AvgIpc) is 2.83. The predicted octanol–water partition coefficient (Wildman–Crippen LogP) is 3.55. The molecule has 0 aliphatic heterocycles. The number of nitrogens with zero attached hydrogens (tertiary/aromatic N) is 1. The molecule has 118 valence electrons. The second-order valence-corrected chi connectivity index (χ2v) is 9.28. The first-order chi connectivity index (χ1) is 9.87. The fourth-order valence-corrected chi connectivity index (χ4v) is 6.80. The maximum absolute atomic E-state index is 12.8. The van der Waals surface area contributed by atoms with E-state index in [1.54, 1.807) is 0 Å². The number of carboxylic acid groups (broad SMARTS) is 1. The van der Waals surface area contributed by atoms with Gasteiger partial charge in [0.2, 0.25) is 10.0 Å². The lowest BCUT2D eigenvalue weighted by molar-refractivity contribution is 0.0702. The third kappa shape index (κ3) is 3.49. The number of hydrogen-bond acceptors (Lipinski definition) is 4. The smallest absolute Gasteiger partial charge is 0.345 e. The van der Waals surface area contributed by atoms with E-state index in [4.69, 9.17) is 5.11 Å². The molecule has 0 aromatic carbocycles. The van der Waals surface area contributed by atoms with E-state index < -0.39 is 16.0 Å². The van der Waals surface area contributed by atoms with Crippen LogP contribution in [0.1, 0.15) is 48.7 Å². The van der Waals surface area contributed by atoms with Gasteiger partial charge in [0.25, 0.3) is 0 Å². The van der Waals surface area contributed by atoms with E-state index in [9.17, 15) is 13.2 Å². The number of halogens is 1. The highest BCUT2D eigenvalue weighted by Gasteiger charge is 2.34. The topological polar surface area (TPSA) is 74.7 Å². The first-order valence-corrected chi connectivity index (χ1v) is 9.97. The van der Waals surface area contributed by atoms with Gasteiger partial charge in [-0.25, -0.2) is 13.2 Å². The molecule has 1 aliphatic carbocycles.